The number of benzene rings is 1. The predicted octanol–water partition coefficient (Wildman–Crippen LogP) is 1.81. The SMILES string of the molecule is Cl.Cl.NCc1cccc(C(=O)Nc2ccncc2)c1.O. The second-order valence-electron chi connectivity index (χ2n) is 3.59. The molecule has 7 heteroatoms. The van der Waals surface area contributed by atoms with Crippen molar-refractivity contribution in [3.63, 3.8) is 0 Å². The first kappa shape index (κ1) is 20.7. The summed E-state index contributed by atoms with van der Waals surface area (Å²) in [5.74, 6) is -0.147. The van der Waals surface area contributed by atoms with Gasteiger partial charge in [-0.2, -0.15) is 0 Å². The Labute approximate surface area is 129 Å². The lowest BCUT2D eigenvalue weighted by atomic mass is 10.1. The van der Waals surface area contributed by atoms with Crippen molar-refractivity contribution in [1.29, 1.82) is 0 Å². The van der Waals surface area contributed by atoms with Crippen molar-refractivity contribution in [2.45, 2.75) is 6.54 Å². The van der Waals surface area contributed by atoms with E-state index in [1.807, 2.05) is 12.1 Å². The Morgan fingerprint density at radius 1 is 1.15 bits per heavy atom. The maximum atomic E-state index is 11.9. The summed E-state index contributed by atoms with van der Waals surface area (Å²) in [5, 5.41) is 2.79. The molecule has 5 N–H and O–H groups in total. The smallest absolute Gasteiger partial charge is 0.255 e. The van der Waals surface area contributed by atoms with Crippen LogP contribution in [0, 0.1) is 0 Å². The van der Waals surface area contributed by atoms with Crippen molar-refractivity contribution in [2.24, 2.45) is 5.73 Å². The molecule has 1 aromatic carbocycles. The number of nitrogens with zero attached hydrogens (tertiary/aromatic N) is 1. The van der Waals surface area contributed by atoms with Gasteiger partial charge < -0.3 is 16.5 Å². The molecule has 0 spiro atoms. The lowest BCUT2D eigenvalue weighted by molar-refractivity contribution is 0.102. The minimum Gasteiger partial charge on any atom is -0.412 e. The summed E-state index contributed by atoms with van der Waals surface area (Å²) in [6.45, 7) is 0.427. The first-order valence-electron chi connectivity index (χ1n) is 5.30. The normalized spacial score (nSPS) is 8.45. The van der Waals surface area contributed by atoms with Gasteiger partial charge in [-0.25, -0.2) is 0 Å². The predicted molar refractivity (Wildman–Crippen MR) is 84.6 cm³/mol. The highest BCUT2D eigenvalue weighted by Crippen LogP contribution is 2.09. The highest BCUT2D eigenvalue weighted by atomic mass is 35.5. The summed E-state index contributed by atoms with van der Waals surface area (Å²) in [5.41, 5.74) is 7.80. The molecule has 20 heavy (non-hydrogen) atoms. The van der Waals surface area contributed by atoms with Crippen molar-refractivity contribution >= 4 is 36.4 Å². The van der Waals surface area contributed by atoms with E-state index in [9.17, 15) is 4.79 Å². The average molecular weight is 318 g/mol. The molecule has 0 aliphatic rings. The van der Waals surface area contributed by atoms with E-state index in [4.69, 9.17) is 5.73 Å². The van der Waals surface area contributed by atoms with E-state index in [1.165, 1.54) is 0 Å². The lowest BCUT2D eigenvalue weighted by Gasteiger charge is -2.05. The lowest BCUT2D eigenvalue weighted by Crippen LogP contribution is -2.12. The number of carbonyl (C=O) groups is 1. The Hall–Kier alpha value is -1.66. The van der Waals surface area contributed by atoms with E-state index >= 15 is 0 Å². The number of rotatable bonds is 3. The van der Waals surface area contributed by atoms with E-state index in [0.29, 0.717) is 12.1 Å². The quantitative estimate of drug-likeness (QED) is 0.902. The molecule has 0 saturated heterocycles. The fraction of sp³-hybridized carbons (Fsp3) is 0.0769. The molecule has 2 rings (SSSR count). The van der Waals surface area contributed by atoms with Gasteiger partial charge in [0.2, 0.25) is 0 Å². The number of amides is 1. The highest BCUT2D eigenvalue weighted by Gasteiger charge is 2.05. The molecular formula is C13H17Cl2N3O2. The summed E-state index contributed by atoms with van der Waals surface area (Å²) >= 11 is 0. The van der Waals surface area contributed by atoms with Crippen molar-refractivity contribution in [3.8, 4) is 0 Å². The number of hydrogen-bond donors (Lipinski definition) is 2. The Bertz CT molecular complexity index is 524. The van der Waals surface area contributed by atoms with E-state index in [1.54, 1.807) is 36.7 Å². The minimum absolute atomic E-state index is 0. The zero-order valence-electron chi connectivity index (χ0n) is 10.6. The van der Waals surface area contributed by atoms with Crippen LogP contribution in [0.5, 0.6) is 0 Å². The first-order valence-corrected chi connectivity index (χ1v) is 5.30. The number of anilines is 1. The van der Waals surface area contributed by atoms with Gasteiger partial charge in [-0.1, -0.05) is 12.1 Å². The largest absolute Gasteiger partial charge is 0.412 e. The van der Waals surface area contributed by atoms with Gasteiger partial charge in [-0.05, 0) is 29.8 Å². The molecule has 0 bridgehead atoms. The molecule has 0 aliphatic heterocycles. The Morgan fingerprint density at radius 3 is 2.40 bits per heavy atom. The molecule has 5 nitrogen and oxygen atoms in total. The van der Waals surface area contributed by atoms with Crippen LogP contribution < -0.4 is 11.1 Å². The maximum absolute atomic E-state index is 11.9. The Morgan fingerprint density at radius 2 is 1.80 bits per heavy atom. The number of pyridine rings is 1. The highest BCUT2D eigenvalue weighted by molar-refractivity contribution is 6.04. The van der Waals surface area contributed by atoms with Crippen LogP contribution >= 0.6 is 24.8 Å². The third kappa shape index (κ3) is 5.54. The van der Waals surface area contributed by atoms with Crippen LogP contribution in [0.3, 0.4) is 0 Å². The van der Waals surface area contributed by atoms with Crippen LogP contribution in [-0.2, 0) is 6.54 Å². The molecule has 1 heterocycles. The van der Waals surface area contributed by atoms with Crippen molar-refractivity contribution in [1.82, 2.24) is 4.98 Å². The van der Waals surface area contributed by atoms with Gasteiger partial charge in [0.1, 0.15) is 0 Å². The zero-order chi connectivity index (χ0) is 12.1. The van der Waals surface area contributed by atoms with Crippen LogP contribution in [0.15, 0.2) is 48.8 Å². The van der Waals surface area contributed by atoms with Crippen LogP contribution in [-0.4, -0.2) is 16.4 Å². The van der Waals surface area contributed by atoms with Gasteiger partial charge in [0.15, 0.2) is 0 Å². The van der Waals surface area contributed by atoms with Gasteiger partial charge in [0.25, 0.3) is 5.91 Å². The molecule has 2 aromatic rings. The number of nitrogens with one attached hydrogen (secondary N) is 1. The summed E-state index contributed by atoms with van der Waals surface area (Å²) in [6, 6.07) is 10.7. The molecule has 0 radical (unpaired) electrons. The monoisotopic (exact) mass is 317 g/mol. The minimum atomic E-state index is -0.147. The summed E-state index contributed by atoms with van der Waals surface area (Å²) < 4.78 is 0. The summed E-state index contributed by atoms with van der Waals surface area (Å²) in [6.07, 6.45) is 3.26. The van der Waals surface area contributed by atoms with Gasteiger partial charge in [-0.15, -0.1) is 24.8 Å². The van der Waals surface area contributed by atoms with E-state index in [-0.39, 0.29) is 36.2 Å². The number of nitrogens with two attached hydrogens (primary N) is 1. The van der Waals surface area contributed by atoms with Crippen LogP contribution in [0.1, 0.15) is 15.9 Å². The number of halogens is 2. The van der Waals surface area contributed by atoms with Crippen molar-refractivity contribution in [3.05, 3.63) is 59.9 Å². The Balaban J connectivity index is 0. The number of hydrogen-bond acceptors (Lipinski definition) is 3. The molecule has 0 aliphatic carbocycles. The molecule has 0 fully saturated rings. The molecular weight excluding hydrogens is 301 g/mol. The molecule has 0 atom stereocenters. The summed E-state index contributed by atoms with van der Waals surface area (Å²) in [4.78, 5) is 15.8. The van der Waals surface area contributed by atoms with E-state index in [0.717, 1.165) is 11.3 Å². The van der Waals surface area contributed by atoms with Crippen LogP contribution in [0.4, 0.5) is 5.69 Å². The average Bonchev–Trinajstić information content (AvgIpc) is 2.40. The molecule has 1 amide bonds. The fourth-order valence-electron chi connectivity index (χ4n) is 1.48. The van der Waals surface area contributed by atoms with Crippen molar-refractivity contribution < 1.29 is 10.3 Å². The van der Waals surface area contributed by atoms with Gasteiger partial charge >= 0.3 is 0 Å². The van der Waals surface area contributed by atoms with Crippen LogP contribution in [0.25, 0.3) is 0 Å². The van der Waals surface area contributed by atoms with E-state index < -0.39 is 0 Å². The standard InChI is InChI=1S/C13H13N3O.2ClH.H2O/c14-9-10-2-1-3-11(8-10)13(17)16-12-4-6-15-7-5-12;;;/h1-8H,9,14H2,(H,15,16,17);2*1H;1H2. The first-order chi connectivity index (χ1) is 8.29. The summed E-state index contributed by atoms with van der Waals surface area (Å²) in [7, 11) is 0. The van der Waals surface area contributed by atoms with Gasteiger partial charge in [0, 0.05) is 30.2 Å². The molecule has 1 aromatic heterocycles. The fourth-order valence-corrected chi connectivity index (χ4v) is 1.48. The van der Waals surface area contributed by atoms with Crippen molar-refractivity contribution in [2.75, 3.05) is 5.32 Å². The van der Waals surface area contributed by atoms with Crippen LogP contribution in [0.2, 0.25) is 0 Å². The van der Waals surface area contributed by atoms with Gasteiger partial charge in [0.05, 0.1) is 0 Å². The third-order valence-corrected chi connectivity index (χ3v) is 2.36. The Kier molecular flexibility index (Phi) is 10.5. The number of carbonyl (C=O) groups excluding carboxylic acids is 1. The number of aromatic nitrogens is 1. The zero-order valence-corrected chi connectivity index (χ0v) is 12.2. The molecule has 0 unspecified atom stereocenters. The van der Waals surface area contributed by atoms with E-state index in [2.05, 4.69) is 10.3 Å². The molecule has 0 saturated carbocycles. The second-order valence-corrected chi connectivity index (χ2v) is 3.59. The third-order valence-electron chi connectivity index (χ3n) is 2.36. The maximum Gasteiger partial charge on any atom is 0.255 e. The van der Waals surface area contributed by atoms with Gasteiger partial charge in [-0.3, -0.25) is 9.78 Å². The topological polar surface area (TPSA) is 99.5 Å². The molecule has 110 valence electrons. The second kappa shape index (κ2) is 10.2.